The van der Waals surface area contributed by atoms with Crippen molar-refractivity contribution in [3.05, 3.63) is 35.6 Å². The third kappa shape index (κ3) is 3.11. The molecule has 0 aliphatic heterocycles. The molecule has 1 aromatic rings. The summed E-state index contributed by atoms with van der Waals surface area (Å²) in [6.07, 6.45) is 1.19. The summed E-state index contributed by atoms with van der Waals surface area (Å²) >= 11 is 0. The first-order chi connectivity index (χ1) is 6.63. The van der Waals surface area contributed by atoms with Crippen molar-refractivity contribution in [1.29, 1.82) is 0 Å². The van der Waals surface area contributed by atoms with E-state index in [-0.39, 0.29) is 5.82 Å². The quantitative estimate of drug-likeness (QED) is 0.783. The molecule has 0 fully saturated rings. The minimum atomic E-state index is -0.541. The fraction of sp³-hybridized carbons (Fsp3) is 0.500. The molecule has 1 aromatic carbocycles. The number of hydrogen-bond acceptors (Lipinski definition) is 1. The van der Waals surface area contributed by atoms with Gasteiger partial charge in [0.25, 0.3) is 0 Å². The second kappa shape index (κ2) is 5.11. The molecule has 0 saturated heterocycles. The molecule has 78 valence electrons. The van der Waals surface area contributed by atoms with Crippen LogP contribution in [0, 0.1) is 11.7 Å². The van der Waals surface area contributed by atoms with Gasteiger partial charge in [-0.15, -0.1) is 0 Å². The fourth-order valence-corrected chi connectivity index (χ4v) is 1.40. The first-order valence-corrected chi connectivity index (χ1v) is 5.07. The van der Waals surface area contributed by atoms with Gasteiger partial charge in [-0.05, 0) is 30.0 Å². The van der Waals surface area contributed by atoms with Gasteiger partial charge in [-0.25, -0.2) is 4.39 Å². The summed E-state index contributed by atoms with van der Waals surface area (Å²) in [5.74, 6) is 0.180. The lowest BCUT2D eigenvalue weighted by atomic mass is 9.96. The third-order valence-electron chi connectivity index (χ3n) is 2.56. The minimum absolute atomic E-state index is 0.286. The van der Waals surface area contributed by atoms with Crippen LogP contribution in [-0.4, -0.2) is 5.11 Å². The maximum Gasteiger partial charge on any atom is 0.123 e. The molecular formula is C12H17FO. The number of benzene rings is 1. The highest BCUT2D eigenvalue weighted by molar-refractivity contribution is 5.18. The maximum absolute atomic E-state index is 12.8. The SMILES string of the molecule is CCC(C)CC(O)c1cccc(F)c1. The monoisotopic (exact) mass is 196 g/mol. The van der Waals surface area contributed by atoms with Crippen LogP contribution in [0.3, 0.4) is 0 Å². The van der Waals surface area contributed by atoms with E-state index >= 15 is 0 Å². The van der Waals surface area contributed by atoms with Crippen LogP contribution >= 0.6 is 0 Å². The Bertz CT molecular complexity index is 285. The van der Waals surface area contributed by atoms with Gasteiger partial charge in [0.05, 0.1) is 6.10 Å². The molecule has 0 heterocycles. The Kier molecular flexibility index (Phi) is 4.08. The molecule has 0 saturated carbocycles. The second-order valence-electron chi connectivity index (χ2n) is 3.82. The molecule has 0 bridgehead atoms. The molecule has 0 spiro atoms. The van der Waals surface area contributed by atoms with Crippen LogP contribution in [0.4, 0.5) is 4.39 Å². The standard InChI is InChI=1S/C12H17FO/c1-3-9(2)7-12(14)10-5-4-6-11(13)8-10/h4-6,8-9,12,14H,3,7H2,1-2H3. The van der Waals surface area contributed by atoms with E-state index in [2.05, 4.69) is 13.8 Å². The van der Waals surface area contributed by atoms with E-state index in [1.54, 1.807) is 12.1 Å². The topological polar surface area (TPSA) is 20.2 Å². The predicted molar refractivity (Wildman–Crippen MR) is 55.4 cm³/mol. The molecule has 0 amide bonds. The highest BCUT2D eigenvalue weighted by Gasteiger charge is 2.11. The van der Waals surface area contributed by atoms with Crippen LogP contribution in [0.1, 0.15) is 38.4 Å². The van der Waals surface area contributed by atoms with Crippen LogP contribution in [-0.2, 0) is 0 Å². The van der Waals surface area contributed by atoms with E-state index in [1.165, 1.54) is 12.1 Å². The van der Waals surface area contributed by atoms with Crippen LogP contribution in [0.2, 0.25) is 0 Å². The van der Waals surface area contributed by atoms with Gasteiger partial charge in [0, 0.05) is 0 Å². The lowest BCUT2D eigenvalue weighted by Crippen LogP contribution is -2.03. The minimum Gasteiger partial charge on any atom is -0.388 e. The molecule has 0 aromatic heterocycles. The van der Waals surface area contributed by atoms with E-state index in [1.807, 2.05) is 0 Å². The van der Waals surface area contributed by atoms with Gasteiger partial charge in [-0.3, -0.25) is 0 Å². The van der Waals surface area contributed by atoms with Crippen molar-refractivity contribution in [3.63, 3.8) is 0 Å². The molecule has 1 nitrogen and oxygen atoms in total. The van der Waals surface area contributed by atoms with Gasteiger partial charge in [0.1, 0.15) is 5.82 Å². The van der Waals surface area contributed by atoms with Crippen LogP contribution < -0.4 is 0 Å². The van der Waals surface area contributed by atoms with Crippen LogP contribution in [0.5, 0.6) is 0 Å². The molecule has 0 aliphatic rings. The summed E-state index contributed by atoms with van der Waals surface area (Å²) < 4.78 is 12.8. The first kappa shape index (κ1) is 11.2. The molecule has 0 aliphatic carbocycles. The van der Waals surface area contributed by atoms with Crippen LogP contribution in [0.15, 0.2) is 24.3 Å². The number of halogens is 1. The van der Waals surface area contributed by atoms with Crippen molar-refractivity contribution in [2.45, 2.75) is 32.8 Å². The third-order valence-corrected chi connectivity index (χ3v) is 2.56. The highest BCUT2D eigenvalue weighted by Crippen LogP contribution is 2.22. The Labute approximate surface area is 84.6 Å². The molecule has 2 unspecified atom stereocenters. The molecule has 0 radical (unpaired) electrons. The molecule has 2 heteroatoms. The average molecular weight is 196 g/mol. The molecule has 14 heavy (non-hydrogen) atoms. The zero-order valence-corrected chi connectivity index (χ0v) is 8.70. The molecule has 2 atom stereocenters. The molecule has 1 rings (SSSR count). The lowest BCUT2D eigenvalue weighted by molar-refractivity contribution is 0.146. The normalized spacial score (nSPS) is 15.1. The van der Waals surface area contributed by atoms with Crippen molar-refractivity contribution >= 4 is 0 Å². The van der Waals surface area contributed by atoms with Crippen molar-refractivity contribution < 1.29 is 9.50 Å². The summed E-state index contributed by atoms with van der Waals surface area (Å²) in [6, 6.07) is 6.17. The summed E-state index contributed by atoms with van der Waals surface area (Å²) in [5.41, 5.74) is 0.672. The van der Waals surface area contributed by atoms with Gasteiger partial charge in [-0.1, -0.05) is 32.4 Å². The number of aliphatic hydroxyl groups excluding tert-OH is 1. The fourth-order valence-electron chi connectivity index (χ4n) is 1.40. The Balaban J connectivity index is 2.64. The first-order valence-electron chi connectivity index (χ1n) is 5.07. The molecule has 1 N–H and O–H groups in total. The molecular weight excluding hydrogens is 179 g/mol. The Hall–Kier alpha value is -0.890. The van der Waals surface area contributed by atoms with Crippen molar-refractivity contribution in [2.24, 2.45) is 5.92 Å². The Morgan fingerprint density at radius 1 is 1.43 bits per heavy atom. The smallest absolute Gasteiger partial charge is 0.123 e. The average Bonchev–Trinajstić information content (AvgIpc) is 2.17. The van der Waals surface area contributed by atoms with E-state index in [4.69, 9.17) is 0 Å². The number of hydrogen-bond donors (Lipinski definition) is 1. The number of rotatable bonds is 4. The van der Waals surface area contributed by atoms with E-state index in [9.17, 15) is 9.50 Å². The van der Waals surface area contributed by atoms with E-state index in [0.717, 1.165) is 6.42 Å². The zero-order chi connectivity index (χ0) is 10.6. The van der Waals surface area contributed by atoms with Gasteiger partial charge in [0.2, 0.25) is 0 Å². The van der Waals surface area contributed by atoms with Crippen LogP contribution in [0.25, 0.3) is 0 Å². The summed E-state index contributed by atoms with van der Waals surface area (Å²) in [5, 5.41) is 9.78. The van der Waals surface area contributed by atoms with Crippen molar-refractivity contribution in [3.8, 4) is 0 Å². The lowest BCUT2D eigenvalue weighted by Gasteiger charge is -2.15. The van der Waals surface area contributed by atoms with Crippen molar-refractivity contribution in [2.75, 3.05) is 0 Å². The number of aliphatic hydroxyl groups is 1. The largest absolute Gasteiger partial charge is 0.388 e. The van der Waals surface area contributed by atoms with Gasteiger partial charge in [-0.2, -0.15) is 0 Å². The highest BCUT2D eigenvalue weighted by atomic mass is 19.1. The maximum atomic E-state index is 12.8. The second-order valence-corrected chi connectivity index (χ2v) is 3.82. The van der Waals surface area contributed by atoms with E-state index in [0.29, 0.717) is 17.9 Å². The Morgan fingerprint density at radius 3 is 2.71 bits per heavy atom. The van der Waals surface area contributed by atoms with Gasteiger partial charge < -0.3 is 5.11 Å². The van der Waals surface area contributed by atoms with E-state index < -0.39 is 6.10 Å². The zero-order valence-electron chi connectivity index (χ0n) is 8.70. The van der Waals surface area contributed by atoms with Gasteiger partial charge in [0.15, 0.2) is 0 Å². The summed E-state index contributed by atoms with van der Waals surface area (Å²) in [6.45, 7) is 4.17. The summed E-state index contributed by atoms with van der Waals surface area (Å²) in [4.78, 5) is 0. The van der Waals surface area contributed by atoms with Crippen molar-refractivity contribution in [1.82, 2.24) is 0 Å². The predicted octanol–water partition coefficient (Wildman–Crippen LogP) is 3.30. The Morgan fingerprint density at radius 2 is 2.14 bits per heavy atom. The summed E-state index contributed by atoms with van der Waals surface area (Å²) in [7, 11) is 0. The van der Waals surface area contributed by atoms with Gasteiger partial charge >= 0.3 is 0 Å².